The molecular formula is C13H27N. The number of unbranched alkanes of at least 4 members (excludes halogenated alkanes) is 1. The third-order valence-electron chi connectivity index (χ3n) is 3.73. The Morgan fingerprint density at radius 1 is 1.07 bits per heavy atom. The van der Waals surface area contributed by atoms with Gasteiger partial charge in [-0.25, -0.2) is 0 Å². The molecule has 1 rings (SSSR count). The molecule has 1 fully saturated rings. The third kappa shape index (κ3) is 4.00. The molecular weight excluding hydrogens is 170 g/mol. The summed E-state index contributed by atoms with van der Waals surface area (Å²) >= 11 is 0. The second-order valence-corrected chi connectivity index (χ2v) is 5.10. The zero-order valence-electron chi connectivity index (χ0n) is 10.3. The number of hydrogen-bond acceptors (Lipinski definition) is 1. The molecule has 0 spiro atoms. The van der Waals surface area contributed by atoms with Crippen LogP contribution in [0.2, 0.25) is 0 Å². The summed E-state index contributed by atoms with van der Waals surface area (Å²) in [5, 5.41) is 0. The van der Waals surface area contributed by atoms with Gasteiger partial charge in [0.25, 0.3) is 0 Å². The molecule has 84 valence electrons. The van der Waals surface area contributed by atoms with E-state index in [1.165, 1.54) is 51.7 Å². The predicted molar refractivity (Wildman–Crippen MR) is 63.5 cm³/mol. The molecule has 1 aliphatic heterocycles. The summed E-state index contributed by atoms with van der Waals surface area (Å²) < 4.78 is 0. The first kappa shape index (κ1) is 12.0. The Bertz CT molecular complexity index is 138. The van der Waals surface area contributed by atoms with Gasteiger partial charge in [-0.05, 0) is 37.8 Å². The van der Waals surface area contributed by atoms with Crippen molar-refractivity contribution in [2.24, 2.45) is 11.8 Å². The summed E-state index contributed by atoms with van der Waals surface area (Å²) in [5.41, 5.74) is 0. The molecule has 0 aromatic carbocycles. The highest BCUT2D eigenvalue weighted by Crippen LogP contribution is 2.20. The first-order chi connectivity index (χ1) is 6.74. The second-order valence-electron chi connectivity index (χ2n) is 5.10. The average molecular weight is 197 g/mol. The fraction of sp³-hybridized carbons (Fsp3) is 1.00. The zero-order valence-corrected chi connectivity index (χ0v) is 10.3. The molecule has 1 heteroatoms. The van der Waals surface area contributed by atoms with Crippen LogP contribution in [0, 0.1) is 11.8 Å². The number of likely N-dealkylation sites (tertiary alicyclic amines) is 1. The molecule has 1 heterocycles. The fourth-order valence-corrected chi connectivity index (χ4v) is 2.36. The van der Waals surface area contributed by atoms with Crippen molar-refractivity contribution in [3.63, 3.8) is 0 Å². The maximum Gasteiger partial charge on any atom is 0.000956 e. The van der Waals surface area contributed by atoms with Gasteiger partial charge >= 0.3 is 0 Å². The van der Waals surface area contributed by atoms with Crippen molar-refractivity contribution in [3.05, 3.63) is 0 Å². The van der Waals surface area contributed by atoms with E-state index in [4.69, 9.17) is 0 Å². The fourth-order valence-electron chi connectivity index (χ4n) is 2.36. The number of nitrogens with zero attached hydrogens (tertiary/aromatic N) is 1. The van der Waals surface area contributed by atoms with Crippen molar-refractivity contribution in [3.8, 4) is 0 Å². The lowest BCUT2D eigenvalue weighted by Gasteiger charge is -2.25. The van der Waals surface area contributed by atoms with E-state index < -0.39 is 0 Å². The summed E-state index contributed by atoms with van der Waals surface area (Å²) in [5.74, 6) is 1.80. The summed E-state index contributed by atoms with van der Waals surface area (Å²) in [7, 11) is 0. The summed E-state index contributed by atoms with van der Waals surface area (Å²) in [6.07, 6.45) is 7.03. The Kier molecular flexibility index (Phi) is 5.54. The number of hydrogen-bond donors (Lipinski definition) is 0. The van der Waals surface area contributed by atoms with E-state index in [0.717, 1.165) is 11.8 Å². The normalized spacial score (nSPS) is 22.5. The van der Waals surface area contributed by atoms with Gasteiger partial charge in [-0.2, -0.15) is 0 Å². The van der Waals surface area contributed by atoms with Crippen LogP contribution in [0.4, 0.5) is 0 Å². The first-order valence-corrected chi connectivity index (χ1v) is 6.46. The maximum absolute atomic E-state index is 2.65. The van der Waals surface area contributed by atoms with Crippen molar-refractivity contribution < 1.29 is 0 Å². The van der Waals surface area contributed by atoms with Crippen LogP contribution in [0.1, 0.15) is 52.9 Å². The lowest BCUT2D eigenvalue weighted by molar-refractivity contribution is 0.233. The van der Waals surface area contributed by atoms with Gasteiger partial charge in [-0.15, -0.1) is 0 Å². The largest absolute Gasteiger partial charge is 0.303 e. The van der Waals surface area contributed by atoms with Crippen molar-refractivity contribution in [1.82, 2.24) is 4.90 Å². The van der Waals surface area contributed by atoms with E-state index in [0.29, 0.717) is 0 Å². The standard InChI is InChI=1S/C13H27N/c1-4-5-8-12(2)13(3)11-14-9-6-7-10-14/h12-13H,4-11H2,1-3H3. The van der Waals surface area contributed by atoms with Crippen LogP contribution in [0.15, 0.2) is 0 Å². The third-order valence-corrected chi connectivity index (χ3v) is 3.73. The Hall–Kier alpha value is -0.0400. The van der Waals surface area contributed by atoms with Gasteiger partial charge in [0.1, 0.15) is 0 Å². The topological polar surface area (TPSA) is 3.24 Å². The van der Waals surface area contributed by atoms with Gasteiger partial charge in [0, 0.05) is 6.54 Å². The highest BCUT2D eigenvalue weighted by atomic mass is 15.1. The van der Waals surface area contributed by atoms with Crippen molar-refractivity contribution in [2.75, 3.05) is 19.6 Å². The zero-order chi connectivity index (χ0) is 10.4. The Labute approximate surface area is 89.9 Å². The van der Waals surface area contributed by atoms with Crippen LogP contribution in [0.25, 0.3) is 0 Å². The van der Waals surface area contributed by atoms with Gasteiger partial charge < -0.3 is 4.90 Å². The van der Waals surface area contributed by atoms with Gasteiger partial charge in [-0.3, -0.25) is 0 Å². The van der Waals surface area contributed by atoms with E-state index in [9.17, 15) is 0 Å². The summed E-state index contributed by atoms with van der Waals surface area (Å²) in [6, 6.07) is 0. The Morgan fingerprint density at radius 2 is 1.71 bits per heavy atom. The van der Waals surface area contributed by atoms with E-state index in [1.807, 2.05) is 0 Å². The average Bonchev–Trinajstić information content (AvgIpc) is 2.66. The Balaban J connectivity index is 2.15. The van der Waals surface area contributed by atoms with E-state index in [-0.39, 0.29) is 0 Å². The van der Waals surface area contributed by atoms with Crippen LogP contribution in [0.3, 0.4) is 0 Å². The van der Waals surface area contributed by atoms with E-state index in [2.05, 4.69) is 25.7 Å². The lowest BCUT2D eigenvalue weighted by Crippen LogP contribution is -2.28. The molecule has 2 atom stereocenters. The molecule has 2 unspecified atom stereocenters. The Morgan fingerprint density at radius 3 is 2.29 bits per heavy atom. The van der Waals surface area contributed by atoms with Crippen LogP contribution >= 0.6 is 0 Å². The molecule has 0 aliphatic carbocycles. The second kappa shape index (κ2) is 6.44. The highest BCUT2D eigenvalue weighted by molar-refractivity contribution is 4.71. The molecule has 0 amide bonds. The van der Waals surface area contributed by atoms with Gasteiger partial charge in [0.15, 0.2) is 0 Å². The smallest absolute Gasteiger partial charge is 0.000956 e. The van der Waals surface area contributed by atoms with Crippen LogP contribution in [-0.2, 0) is 0 Å². The maximum atomic E-state index is 2.65. The SMILES string of the molecule is CCCCC(C)C(C)CN1CCCC1. The minimum Gasteiger partial charge on any atom is -0.303 e. The molecule has 0 radical (unpaired) electrons. The minimum atomic E-state index is 0.889. The molecule has 1 saturated heterocycles. The van der Waals surface area contributed by atoms with Gasteiger partial charge in [0.2, 0.25) is 0 Å². The summed E-state index contributed by atoms with van der Waals surface area (Å²) in [4.78, 5) is 2.65. The monoisotopic (exact) mass is 197 g/mol. The van der Waals surface area contributed by atoms with Gasteiger partial charge in [-0.1, -0.05) is 40.0 Å². The molecule has 1 nitrogen and oxygen atoms in total. The van der Waals surface area contributed by atoms with Crippen molar-refractivity contribution in [1.29, 1.82) is 0 Å². The molecule has 0 N–H and O–H groups in total. The van der Waals surface area contributed by atoms with Gasteiger partial charge in [0.05, 0.1) is 0 Å². The van der Waals surface area contributed by atoms with Crippen LogP contribution in [0.5, 0.6) is 0 Å². The van der Waals surface area contributed by atoms with Crippen molar-refractivity contribution >= 4 is 0 Å². The highest BCUT2D eigenvalue weighted by Gasteiger charge is 2.18. The number of rotatable bonds is 6. The lowest BCUT2D eigenvalue weighted by atomic mass is 9.91. The quantitative estimate of drug-likeness (QED) is 0.629. The first-order valence-electron chi connectivity index (χ1n) is 6.46. The predicted octanol–water partition coefficient (Wildman–Crippen LogP) is 3.54. The molecule has 1 aliphatic rings. The van der Waals surface area contributed by atoms with Crippen LogP contribution < -0.4 is 0 Å². The summed E-state index contributed by atoms with van der Waals surface area (Å²) in [6.45, 7) is 11.2. The minimum absolute atomic E-state index is 0.889. The van der Waals surface area contributed by atoms with E-state index >= 15 is 0 Å². The molecule has 0 aromatic heterocycles. The van der Waals surface area contributed by atoms with Crippen molar-refractivity contribution in [2.45, 2.75) is 52.9 Å². The van der Waals surface area contributed by atoms with E-state index in [1.54, 1.807) is 0 Å². The van der Waals surface area contributed by atoms with Crippen LogP contribution in [-0.4, -0.2) is 24.5 Å². The molecule has 0 bridgehead atoms. The molecule has 0 aromatic rings. The molecule has 0 saturated carbocycles. The molecule has 14 heavy (non-hydrogen) atoms.